The highest BCUT2D eigenvalue weighted by Gasteiger charge is 2.18. The van der Waals surface area contributed by atoms with Crippen LogP contribution in [-0.4, -0.2) is 24.5 Å². The number of hydrogen-bond donors (Lipinski definition) is 0. The monoisotopic (exact) mass is 211 g/mol. The van der Waals surface area contributed by atoms with Crippen molar-refractivity contribution in [2.45, 2.75) is 59.3 Å². The normalized spacial score (nSPS) is 21.8. The number of rotatable bonds is 6. The van der Waals surface area contributed by atoms with Crippen LogP contribution in [0, 0.1) is 11.8 Å². The first kappa shape index (κ1) is 13.0. The molecule has 15 heavy (non-hydrogen) atoms. The van der Waals surface area contributed by atoms with Crippen molar-refractivity contribution in [3.63, 3.8) is 0 Å². The third-order valence-electron chi connectivity index (χ3n) is 3.94. The molecular weight excluding hydrogens is 182 g/mol. The fourth-order valence-corrected chi connectivity index (χ4v) is 2.53. The molecule has 1 aliphatic heterocycles. The molecule has 1 nitrogen and oxygen atoms in total. The lowest BCUT2D eigenvalue weighted by molar-refractivity contribution is 0.160. The highest BCUT2D eigenvalue weighted by Crippen LogP contribution is 2.20. The first-order chi connectivity index (χ1) is 7.26. The Bertz CT molecular complexity index is 145. The van der Waals surface area contributed by atoms with Crippen molar-refractivity contribution in [3.8, 4) is 0 Å². The fourth-order valence-electron chi connectivity index (χ4n) is 2.53. The second-order valence-corrected chi connectivity index (χ2v) is 5.40. The van der Waals surface area contributed by atoms with Crippen LogP contribution < -0.4 is 0 Å². The number of hydrogen-bond acceptors (Lipinski definition) is 1. The van der Waals surface area contributed by atoms with Crippen LogP contribution in [0.25, 0.3) is 0 Å². The molecule has 0 saturated carbocycles. The maximum Gasteiger partial charge on any atom is 0.000956 e. The standard InChI is InChI=1S/C14H29N/c1-4-6-7-14(5-2)12-15-10-8-13(3)9-11-15/h13-14H,4-12H2,1-3H3/t14-/m0/s1. The molecule has 0 N–H and O–H groups in total. The molecule has 0 aliphatic carbocycles. The average molecular weight is 211 g/mol. The van der Waals surface area contributed by atoms with Crippen LogP contribution in [0.1, 0.15) is 59.3 Å². The summed E-state index contributed by atoms with van der Waals surface area (Å²) < 4.78 is 0. The number of likely N-dealkylation sites (tertiary alicyclic amines) is 1. The minimum atomic E-state index is 0.957. The Morgan fingerprint density at radius 1 is 1.20 bits per heavy atom. The maximum absolute atomic E-state index is 2.70. The van der Waals surface area contributed by atoms with Gasteiger partial charge in [0.25, 0.3) is 0 Å². The van der Waals surface area contributed by atoms with Crippen molar-refractivity contribution in [1.82, 2.24) is 4.90 Å². The molecule has 1 atom stereocenters. The van der Waals surface area contributed by atoms with Crippen LogP contribution in [0.15, 0.2) is 0 Å². The fraction of sp³-hybridized carbons (Fsp3) is 1.00. The van der Waals surface area contributed by atoms with E-state index in [9.17, 15) is 0 Å². The van der Waals surface area contributed by atoms with E-state index in [2.05, 4.69) is 25.7 Å². The predicted molar refractivity (Wildman–Crippen MR) is 68.1 cm³/mol. The van der Waals surface area contributed by atoms with Gasteiger partial charge in [-0.1, -0.05) is 40.0 Å². The Morgan fingerprint density at radius 2 is 1.87 bits per heavy atom. The van der Waals surface area contributed by atoms with Crippen molar-refractivity contribution in [3.05, 3.63) is 0 Å². The van der Waals surface area contributed by atoms with Crippen molar-refractivity contribution in [2.75, 3.05) is 19.6 Å². The summed E-state index contributed by atoms with van der Waals surface area (Å²) >= 11 is 0. The van der Waals surface area contributed by atoms with E-state index in [0.717, 1.165) is 11.8 Å². The Kier molecular flexibility index (Phi) is 6.31. The highest BCUT2D eigenvalue weighted by atomic mass is 15.1. The Hall–Kier alpha value is -0.0400. The molecular formula is C14H29N. The average Bonchev–Trinajstić information content (AvgIpc) is 2.27. The van der Waals surface area contributed by atoms with E-state index in [4.69, 9.17) is 0 Å². The van der Waals surface area contributed by atoms with Gasteiger partial charge in [-0.3, -0.25) is 0 Å². The molecule has 0 unspecified atom stereocenters. The van der Waals surface area contributed by atoms with Crippen LogP contribution in [-0.2, 0) is 0 Å². The summed E-state index contributed by atoms with van der Waals surface area (Å²) in [6, 6.07) is 0. The molecule has 0 aromatic carbocycles. The van der Waals surface area contributed by atoms with Gasteiger partial charge < -0.3 is 4.90 Å². The molecule has 0 radical (unpaired) electrons. The number of nitrogens with zero attached hydrogens (tertiary/aromatic N) is 1. The van der Waals surface area contributed by atoms with Gasteiger partial charge in [0.2, 0.25) is 0 Å². The second kappa shape index (κ2) is 7.27. The summed E-state index contributed by atoms with van der Waals surface area (Å²) in [5, 5.41) is 0. The predicted octanol–water partition coefficient (Wildman–Crippen LogP) is 3.93. The summed E-state index contributed by atoms with van der Waals surface area (Å²) in [5.41, 5.74) is 0. The van der Waals surface area contributed by atoms with Gasteiger partial charge in [0.15, 0.2) is 0 Å². The lowest BCUT2D eigenvalue weighted by Gasteiger charge is -2.32. The number of unbranched alkanes of at least 4 members (excludes halogenated alkanes) is 1. The lowest BCUT2D eigenvalue weighted by Crippen LogP contribution is -2.36. The lowest BCUT2D eigenvalue weighted by atomic mass is 9.95. The SMILES string of the molecule is CCCC[C@H](CC)CN1CCC(C)CC1. The summed E-state index contributed by atoms with van der Waals surface area (Å²) in [6.45, 7) is 11.1. The molecule has 1 heterocycles. The highest BCUT2D eigenvalue weighted by molar-refractivity contribution is 4.72. The second-order valence-electron chi connectivity index (χ2n) is 5.40. The molecule has 0 amide bonds. The molecule has 1 fully saturated rings. The summed E-state index contributed by atoms with van der Waals surface area (Å²) in [4.78, 5) is 2.70. The minimum Gasteiger partial charge on any atom is -0.303 e. The molecule has 0 bridgehead atoms. The van der Waals surface area contributed by atoms with Crippen molar-refractivity contribution < 1.29 is 0 Å². The molecule has 0 spiro atoms. The van der Waals surface area contributed by atoms with E-state index in [1.54, 1.807) is 0 Å². The van der Waals surface area contributed by atoms with E-state index in [1.807, 2.05) is 0 Å². The molecule has 1 saturated heterocycles. The Labute approximate surface area is 96.2 Å². The quantitative estimate of drug-likeness (QED) is 0.643. The topological polar surface area (TPSA) is 3.24 Å². The van der Waals surface area contributed by atoms with Gasteiger partial charge >= 0.3 is 0 Å². The van der Waals surface area contributed by atoms with Gasteiger partial charge in [-0.05, 0) is 44.2 Å². The molecule has 1 heteroatoms. The van der Waals surface area contributed by atoms with Gasteiger partial charge in [0, 0.05) is 6.54 Å². The Morgan fingerprint density at radius 3 is 2.40 bits per heavy atom. The Balaban J connectivity index is 2.19. The van der Waals surface area contributed by atoms with Crippen LogP contribution in [0.3, 0.4) is 0 Å². The van der Waals surface area contributed by atoms with E-state index >= 15 is 0 Å². The van der Waals surface area contributed by atoms with Gasteiger partial charge in [0.05, 0.1) is 0 Å². The third kappa shape index (κ3) is 5.01. The molecule has 1 aliphatic rings. The van der Waals surface area contributed by atoms with Crippen molar-refractivity contribution in [1.29, 1.82) is 0 Å². The van der Waals surface area contributed by atoms with E-state index < -0.39 is 0 Å². The van der Waals surface area contributed by atoms with Crippen LogP contribution in [0.2, 0.25) is 0 Å². The third-order valence-corrected chi connectivity index (χ3v) is 3.94. The molecule has 0 aromatic heterocycles. The first-order valence-electron chi connectivity index (χ1n) is 6.98. The van der Waals surface area contributed by atoms with Gasteiger partial charge in [-0.2, -0.15) is 0 Å². The van der Waals surface area contributed by atoms with Gasteiger partial charge in [-0.25, -0.2) is 0 Å². The molecule has 90 valence electrons. The van der Waals surface area contributed by atoms with Gasteiger partial charge in [0.1, 0.15) is 0 Å². The zero-order chi connectivity index (χ0) is 11.1. The van der Waals surface area contributed by atoms with Crippen LogP contribution in [0.4, 0.5) is 0 Å². The molecule has 1 rings (SSSR count). The number of piperidine rings is 1. The maximum atomic E-state index is 2.70. The van der Waals surface area contributed by atoms with Crippen LogP contribution >= 0.6 is 0 Å². The van der Waals surface area contributed by atoms with E-state index in [1.165, 1.54) is 58.2 Å². The van der Waals surface area contributed by atoms with E-state index in [-0.39, 0.29) is 0 Å². The van der Waals surface area contributed by atoms with Crippen LogP contribution in [0.5, 0.6) is 0 Å². The van der Waals surface area contributed by atoms with Gasteiger partial charge in [-0.15, -0.1) is 0 Å². The first-order valence-corrected chi connectivity index (χ1v) is 6.98. The summed E-state index contributed by atoms with van der Waals surface area (Å²) in [5.74, 6) is 1.93. The summed E-state index contributed by atoms with van der Waals surface area (Å²) in [6.07, 6.45) is 8.43. The zero-order valence-corrected chi connectivity index (χ0v) is 11.0. The summed E-state index contributed by atoms with van der Waals surface area (Å²) in [7, 11) is 0. The van der Waals surface area contributed by atoms with Crippen molar-refractivity contribution >= 4 is 0 Å². The minimum absolute atomic E-state index is 0.957. The van der Waals surface area contributed by atoms with E-state index in [0.29, 0.717) is 0 Å². The zero-order valence-electron chi connectivity index (χ0n) is 11.0. The molecule has 0 aromatic rings. The largest absolute Gasteiger partial charge is 0.303 e. The van der Waals surface area contributed by atoms with Crippen molar-refractivity contribution in [2.24, 2.45) is 11.8 Å². The smallest absolute Gasteiger partial charge is 0.000956 e.